The van der Waals surface area contributed by atoms with Crippen molar-refractivity contribution in [3.8, 4) is 33.4 Å². The van der Waals surface area contributed by atoms with Crippen LogP contribution in [0.3, 0.4) is 0 Å². The Morgan fingerprint density at radius 1 is 0.444 bits per heavy atom. The first kappa shape index (κ1) is 23.8. The Hall–Kier alpha value is -6.64. The second-order valence-corrected chi connectivity index (χ2v) is 15.1. The monoisotopic (exact) mass is 696 g/mol. The van der Waals surface area contributed by atoms with Crippen LogP contribution in [-0.2, 0) is 10.8 Å². The van der Waals surface area contributed by atoms with Gasteiger partial charge >= 0.3 is 0 Å². The smallest absolute Gasteiger partial charge is 0.135 e. The van der Waals surface area contributed by atoms with Gasteiger partial charge in [0.2, 0.25) is 0 Å². The van der Waals surface area contributed by atoms with E-state index in [9.17, 15) is 4.11 Å². The van der Waals surface area contributed by atoms with Crippen LogP contribution in [0.2, 0.25) is 0 Å². The zero-order valence-corrected chi connectivity index (χ0v) is 29.6. The third-order valence-corrected chi connectivity index (χ3v) is 12.2. The fraction of sp³-hybridized carbons (Fsp3) is 0.0769. The van der Waals surface area contributed by atoms with Crippen molar-refractivity contribution < 1.29 is 14.0 Å². The highest BCUT2D eigenvalue weighted by molar-refractivity contribution is 6.07. The maximum Gasteiger partial charge on any atom is 0.135 e. The van der Waals surface area contributed by atoms with Crippen molar-refractivity contribution in [2.75, 3.05) is 4.90 Å². The molecule has 2 heteroatoms. The summed E-state index contributed by atoms with van der Waals surface area (Å²) in [5.74, 6) is 0. The quantitative estimate of drug-likeness (QED) is 0.183. The summed E-state index contributed by atoms with van der Waals surface area (Å²) in [4.78, 5) is 1.89. The molecule has 1 aromatic heterocycles. The average molecular weight is 697 g/mol. The van der Waals surface area contributed by atoms with Gasteiger partial charge in [-0.05, 0) is 115 Å². The topological polar surface area (TPSA) is 16.4 Å². The van der Waals surface area contributed by atoms with Crippen LogP contribution in [-0.4, -0.2) is 0 Å². The SMILES string of the molecule is [2H]c1c([2H])c([2H])c2c(oc3c([2H])c([2H])c(N(c4ccc5c(c4)-c4ccccc4C54c5ccccc5-c5ccccc54)c4ccc5c(c4)C(C)(C)c4ccccc4-5)c([2H])c32)c1[2H]. The molecule has 1 heterocycles. The Bertz CT molecular complexity index is 3410. The highest BCUT2D eigenvalue weighted by Gasteiger charge is 2.51. The maximum absolute atomic E-state index is 9.94. The highest BCUT2D eigenvalue weighted by atomic mass is 16.3. The average Bonchev–Trinajstić information content (AvgIpc) is 3.99. The lowest BCUT2D eigenvalue weighted by molar-refractivity contribution is 0.660. The molecule has 3 aliphatic carbocycles. The predicted molar refractivity (Wildman–Crippen MR) is 222 cm³/mol. The van der Waals surface area contributed by atoms with Crippen LogP contribution in [0.25, 0.3) is 55.3 Å². The lowest BCUT2D eigenvalue weighted by Crippen LogP contribution is -2.25. The standard InChI is InChI=1S/C52H35NO/c1-51(2)43-18-8-3-13-35(43)39-26-23-34(31-48(39)51)53(33-25-28-50-42(30-33)40-17-7-12-22-49(40)54-50)32-24-27-47-41(29-32)38-16-6-11-21-46(38)52(47)44-19-9-4-14-36(44)37-15-5-10-20-45(37)52/h3-31H,1-2H3/i7D,12D,17D,22D,25D,28D,30D. The van der Waals surface area contributed by atoms with Crippen LogP contribution in [0.4, 0.5) is 17.1 Å². The molecule has 0 unspecified atom stereocenters. The Morgan fingerprint density at radius 3 is 1.67 bits per heavy atom. The molecule has 3 aliphatic rings. The van der Waals surface area contributed by atoms with Gasteiger partial charge in [0.05, 0.1) is 15.0 Å². The van der Waals surface area contributed by atoms with Gasteiger partial charge in [0, 0.05) is 33.2 Å². The highest BCUT2D eigenvalue weighted by Crippen LogP contribution is 2.63. The predicted octanol–water partition coefficient (Wildman–Crippen LogP) is 13.7. The molecule has 0 aliphatic heterocycles. The minimum absolute atomic E-state index is 0.0228. The number of benzene rings is 8. The van der Waals surface area contributed by atoms with Crippen molar-refractivity contribution in [2.24, 2.45) is 0 Å². The number of fused-ring (bicyclic) bond motifs is 16. The lowest BCUT2D eigenvalue weighted by Gasteiger charge is -2.31. The summed E-state index contributed by atoms with van der Waals surface area (Å²) in [6.07, 6.45) is 0. The summed E-state index contributed by atoms with van der Waals surface area (Å²) >= 11 is 0. The Morgan fingerprint density at radius 2 is 0.963 bits per heavy atom. The second kappa shape index (κ2) is 10.5. The van der Waals surface area contributed by atoms with Crippen LogP contribution in [0, 0.1) is 0 Å². The lowest BCUT2D eigenvalue weighted by atomic mass is 9.70. The number of para-hydroxylation sites is 1. The molecule has 54 heavy (non-hydrogen) atoms. The van der Waals surface area contributed by atoms with Crippen LogP contribution in [0.15, 0.2) is 180 Å². The number of hydrogen-bond donors (Lipinski definition) is 0. The van der Waals surface area contributed by atoms with E-state index in [-0.39, 0.29) is 57.2 Å². The molecule has 2 nitrogen and oxygen atoms in total. The summed E-state index contributed by atoms with van der Waals surface area (Å²) in [6.45, 7) is 4.42. The first-order valence-electron chi connectivity index (χ1n) is 21.9. The van der Waals surface area contributed by atoms with Gasteiger partial charge < -0.3 is 9.32 Å². The first-order chi connectivity index (χ1) is 29.5. The number of furan rings is 1. The van der Waals surface area contributed by atoms with Gasteiger partial charge in [0.15, 0.2) is 0 Å². The Balaban J connectivity index is 1.17. The van der Waals surface area contributed by atoms with Gasteiger partial charge in [-0.2, -0.15) is 0 Å². The van der Waals surface area contributed by atoms with E-state index >= 15 is 0 Å². The summed E-state index contributed by atoms with van der Waals surface area (Å²) in [5, 5.41) is 0.0937. The summed E-state index contributed by atoms with van der Waals surface area (Å²) < 4.78 is 69.4. The molecule has 0 atom stereocenters. The van der Waals surface area contributed by atoms with Gasteiger partial charge in [-0.3, -0.25) is 0 Å². The molecule has 9 aromatic rings. The van der Waals surface area contributed by atoms with Crippen LogP contribution in [0.5, 0.6) is 0 Å². The van der Waals surface area contributed by atoms with E-state index in [0.717, 1.165) is 33.4 Å². The molecule has 0 amide bonds. The molecule has 12 rings (SSSR count). The van der Waals surface area contributed by atoms with Crippen LogP contribution < -0.4 is 4.90 Å². The molecule has 0 radical (unpaired) electrons. The van der Waals surface area contributed by atoms with Crippen LogP contribution in [0.1, 0.15) is 56.8 Å². The molecule has 0 saturated heterocycles. The molecule has 8 aromatic carbocycles. The molecule has 0 N–H and O–H groups in total. The van der Waals surface area contributed by atoms with Gasteiger partial charge in [-0.25, -0.2) is 0 Å². The van der Waals surface area contributed by atoms with Crippen molar-refractivity contribution in [3.63, 3.8) is 0 Å². The van der Waals surface area contributed by atoms with Gasteiger partial charge in [-0.15, -0.1) is 0 Å². The zero-order valence-electron chi connectivity index (χ0n) is 36.6. The third-order valence-electron chi connectivity index (χ3n) is 12.2. The summed E-state index contributed by atoms with van der Waals surface area (Å²) in [5.41, 5.74) is 14.1. The Labute approximate surface area is 324 Å². The third kappa shape index (κ3) is 3.70. The van der Waals surface area contributed by atoms with E-state index in [4.69, 9.17) is 9.90 Å². The molecule has 1 spiro atoms. The van der Waals surface area contributed by atoms with E-state index in [1.165, 1.54) is 33.4 Å². The van der Waals surface area contributed by atoms with Gasteiger partial charge in [0.25, 0.3) is 0 Å². The van der Waals surface area contributed by atoms with Crippen molar-refractivity contribution in [1.29, 1.82) is 0 Å². The first-order valence-corrected chi connectivity index (χ1v) is 18.4. The summed E-state index contributed by atoms with van der Waals surface area (Å²) in [7, 11) is 0. The van der Waals surface area contributed by atoms with Crippen molar-refractivity contribution in [1.82, 2.24) is 0 Å². The molecule has 0 fully saturated rings. The number of rotatable bonds is 3. The normalized spacial score (nSPS) is 16.6. The zero-order chi connectivity index (χ0) is 41.9. The van der Waals surface area contributed by atoms with E-state index in [0.29, 0.717) is 11.4 Å². The van der Waals surface area contributed by atoms with Crippen LogP contribution >= 0.6 is 0 Å². The molecule has 254 valence electrons. The van der Waals surface area contributed by atoms with Gasteiger partial charge in [0.1, 0.15) is 11.2 Å². The fourth-order valence-corrected chi connectivity index (χ4v) is 9.87. The Kier molecular flexibility index (Phi) is 4.63. The van der Waals surface area contributed by atoms with E-state index in [2.05, 4.69) is 135 Å². The van der Waals surface area contributed by atoms with Crippen molar-refractivity contribution >= 4 is 39.0 Å². The van der Waals surface area contributed by atoms with Crippen molar-refractivity contribution in [2.45, 2.75) is 24.7 Å². The number of nitrogens with zero attached hydrogens (tertiary/aromatic N) is 1. The van der Waals surface area contributed by atoms with Crippen molar-refractivity contribution in [3.05, 3.63) is 209 Å². The minimum Gasteiger partial charge on any atom is -0.456 e. The molecular formula is C52H35NO. The number of anilines is 3. The summed E-state index contributed by atoms with van der Waals surface area (Å²) in [6, 6.07) is 44.5. The minimum atomic E-state index is -0.570. The fourth-order valence-electron chi connectivity index (χ4n) is 9.87. The second-order valence-electron chi connectivity index (χ2n) is 15.1. The van der Waals surface area contributed by atoms with E-state index in [1.807, 2.05) is 17.0 Å². The van der Waals surface area contributed by atoms with Gasteiger partial charge in [-0.1, -0.05) is 141 Å². The largest absolute Gasteiger partial charge is 0.456 e. The van der Waals surface area contributed by atoms with E-state index < -0.39 is 23.5 Å². The molecular weight excluding hydrogens is 655 g/mol. The molecule has 0 saturated carbocycles. The molecule has 0 bridgehead atoms. The number of hydrogen-bond acceptors (Lipinski definition) is 2. The van der Waals surface area contributed by atoms with E-state index in [1.54, 1.807) is 0 Å². The maximum atomic E-state index is 9.94.